The zero-order valence-corrected chi connectivity index (χ0v) is 8.26. The summed E-state index contributed by atoms with van der Waals surface area (Å²) in [5.41, 5.74) is 0. The van der Waals surface area contributed by atoms with Gasteiger partial charge in [0.1, 0.15) is 6.10 Å². The predicted molar refractivity (Wildman–Crippen MR) is 50.6 cm³/mol. The second-order valence-corrected chi connectivity index (χ2v) is 3.57. The fraction of sp³-hybridized carbons (Fsp3) is 1.00. The van der Waals surface area contributed by atoms with Crippen molar-refractivity contribution >= 4 is 0 Å². The number of nitrogens with two attached hydrogens (primary N) is 2. The van der Waals surface area contributed by atoms with Crippen molar-refractivity contribution < 1.29 is 14.8 Å². The van der Waals surface area contributed by atoms with Crippen molar-refractivity contribution in [2.24, 2.45) is 11.8 Å². The molecule has 0 bridgehead atoms. The van der Waals surface area contributed by atoms with E-state index in [0.29, 0.717) is 6.54 Å². The lowest BCUT2D eigenvalue weighted by atomic mass is 10.1. The molecule has 6 nitrogen and oxygen atoms in total. The number of hydrogen-bond donors (Lipinski definition) is 3. The maximum atomic E-state index is 9.61. The molecule has 1 rings (SSSR count). The molecule has 0 radical (unpaired) electrons. The molecule has 0 spiro atoms. The van der Waals surface area contributed by atoms with Gasteiger partial charge >= 0.3 is 0 Å². The number of nitrogens with zero attached hydrogens (tertiary/aromatic N) is 1. The van der Waals surface area contributed by atoms with E-state index in [0.717, 1.165) is 13.1 Å². The molecule has 1 saturated heterocycles. The van der Waals surface area contributed by atoms with Crippen LogP contribution in [0, 0.1) is 0 Å². The highest BCUT2D eigenvalue weighted by atomic mass is 16.8. The molecule has 0 aliphatic carbocycles. The summed E-state index contributed by atoms with van der Waals surface area (Å²) in [6.07, 6.45) is 1.85. The van der Waals surface area contributed by atoms with Gasteiger partial charge in [0.25, 0.3) is 0 Å². The largest absolute Gasteiger partial charge is 0.386 e. The van der Waals surface area contributed by atoms with Gasteiger partial charge in [-0.25, -0.2) is 11.8 Å². The van der Waals surface area contributed by atoms with Gasteiger partial charge in [-0.05, 0) is 25.9 Å². The Morgan fingerprint density at radius 1 is 1.14 bits per heavy atom. The van der Waals surface area contributed by atoms with E-state index in [9.17, 15) is 5.11 Å². The molecule has 0 aromatic heterocycles. The van der Waals surface area contributed by atoms with Gasteiger partial charge in [0, 0.05) is 6.54 Å². The second-order valence-electron chi connectivity index (χ2n) is 3.57. The van der Waals surface area contributed by atoms with E-state index in [1.165, 1.54) is 19.3 Å². The van der Waals surface area contributed by atoms with Gasteiger partial charge in [-0.3, -0.25) is 9.68 Å². The highest BCUT2D eigenvalue weighted by molar-refractivity contribution is 4.70. The van der Waals surface area contributed by atoms with E-state index in [2.05, 4.69) is 14.6 Å². The summed E-state index contributed by atoms with van der Waals surface area (Å²) in [5.74, 6) is 9.81. The summed E-state index contributed by atoms with van der Waals surface area (Å²) in [5, 5.41) is 9.61. The van der Waals surface area contributed by atoms with Crippen LogP contribution in [0.2, 0.25) is 0 Å². The van der Waals surface area contributed by atoms with Crippen molar-refractivity contribution in [2.45, 2.75) is 31.7 Å². The highest BCUT2D eigenvalue weighted by Gasteiger charge is 2.23. The Morgan fingerprint density at radius 3 is 2.21 bits per heavy atom. The lowest BCUT2D eigenvalue weighted by Crippen LogP contribution is -2.45. The average Bonchev–Trinajstić information content (AvgIpc) is 2.21. The normalized spacial score (nSPS) is 21.4. The first-order chi connectivity index (χ1) is 6.77. The summed E-state index contributed by atoms with van der Waals surface area (Å²) in [6, 6.07) is 0. The molecule has 1 aliphatic heterocycles. The van der Waals surface area contributed by atoms with Crippen LogP contribution < -0.4 is 11.8 Å². The Bertz CT molecular complexity index is 149. The Morgan fingerprint density at radius 2 is 1.71 bits per heavy atom. The topological polar surface area (TPSA) is 94.0 Å². The molecule has 6 heteroatoms. The number of piperidine rings is 1. The lowest BCUT2D eigenvalue weighted by Gasteiger charge is -2.29. The van der Waals surface area contributed by atoms with Crippen molar-refractivity contribution in [2.75, 3.05) is 19.6 Å². The van der Waals surface area contributed by atoms with Gasteiger partial charge in [0.05, 0.1) is 0 Å². The first-order valence-corrected chi connectivity index (χ1v) is 4.89. The van der Waals surface area contributed by atoms with Crippen LogP contribution in [0.1, 0.15) is 19.3 Å². The third-order valence-electron chi connectivity index (χ3n) is 2.48. The zero-order valence-electron chi connectivity index (χ0n) is 8.26. The van der Waals surface area contributed by atoms with Crippen molar-refractivity contribution in [3.63, 3.8) is 0 Å². The minimum atomic E-state index is -0.947. The fourth-order valence-corrected chi connectivity index (χ4v) is 1.71. The van der Waals surface area contributed by atoms with E-state index in [-0.39, 0.29) is 0 Å². The monoisotopic (exact) mass is 205 g/mol. The van der Waals surface area contributed by atoms with E-state index in [4.69, 9.17) is 11.8 Å². The van der Waals surface area contributed by atoms with Crippen LogP contribution in [-0.2, 0) is 9.68 Å². The molecule has 1 heterocycles. The fourth-order valence-electron chi connectivity index (χ4n) is 1.71. The number of rotatable bonds is 5. The first-order valence-electron chi connectivity index (χ1n) is 4.89. The van der Waals surface area contributed by atoms with Gasteiger partial charge in [0.15, 0.2) is 0 Å². The quantitative estimate of drug-likeness (QED) is 0.391. The lowest BCUT2D eigenvalue weighted by molar-refractivity contribution is -0.203. The van der Waals surface area contributed by atoms with Crippen LogP contribution in [0.4, 0.5) is 0 Å². The van der Waals surface area contributed by atoms with Gasteiger partial charge in [-0.15, -0.1) is 0 Å². The van der Waals surface area contributed by atoms with E-state index in [1.807, 2.05) is 0 Å². The van der Waals surface area contributed by atoms with Gasteiger partial charge in [-0.1, -0.05) is 6.42 Å². The third-order valence-corrected chi connectivity index (χ3v) is 2.48. The van der Waals surface area contributed by atoms with E-state index < -0.39 is 12.4 Å². The molecule has 1 atom stereocenters. The SMILES string of the molecule is NOC(ON)C(O)CN1CCCCC1. The van der Waals surface area contributed by atoms with Crippen molar-refractivity contribution in [3.8, 4) is 0 Å². The molecule has 0 amide bonds. The van der Waals surface area contributed by atoms with Crippen LogP contribution in [0.25, 0.3) is 0 Å². The molecular weight excluding hydrogens is 186 g/mol. The molecule has 5 N–H and O–H groups in total. The van der Waals surface area contributed by atoms with Crippen LogP contribution >= 0.6 is 0 Å². The molecule has 0 aromatic carbocycles. The standard InChI is InChI=1S/C8H19N3O3/c9-13-8(14-10)7(12)6-11-4-2-1-3-5-11/h7-8,12H,1-6,9-10H2. The molecule has 84 valence electrons. The molecule has 0 aromatic rings. The number of hydrogen-bond acceptors (Lipinski definition) is 6. The van der Waals surface area contributed by atoms with Crippen molar-refractivity contribution in [1.82, 2.24) is 4.90 Å². The van der Waals surface area contributed by atoms with Gasteiger partial charge in [-0.2, -0.15) is 0 Å². The Labute approximate surface area is 83.7 Å². The predicted octanol–water partition coefficient (Wildman–Crippen LogP) is -1.06. The van der Waals surface area contributed by atoms with E-state index >= 15 is 0 Å². The highest BCUT2D eigenvalue weighted by Crippen LogP contribution is 2.10. The Hall–Kier alpha value is -0.240. The minimum absolute atomic E-state index is 0.485. The number of aliphatic hydroxyl groups excluding tert-OH is 1. The van der Waals surface area contributed by atoms with Crippen LogP contribution in [0.3, 0.4) is 0 Å². The Kier molecular flexibility index (Phi) is 5.31. The van der Waals surface area contributed by atoms with Crippen LogP contribution in [0.5, 0.6) is 0 Å². The summed E-state index contributed by atoms with van der Waals surface area (Å²) in [4.78, 5) is 10.9. The number of likely N-dealkylation sites (tertiary alicyclic amines) is 1. The average molecular weight is 205 g/mol. The molecule has 14 heavy (non-hydrogen) atoms. The molecule has 1 fully saturated rings. The smallest absolute Gasteiger partial charge is 0.222 e. The molecule has 0 saturated carbocycles. The summed E-state index contributed by atoms with van der Waals surface area (Å²) >= 11 is 0. The zero-order chi connectivity index (χ0) is 10.4. The molecule has 1 unspecified atom stereocenters. The number of β-amino-alcohol motifs (C(OH)–C–C–N with tert-alkyl or cyclic N) is 1. The summed E-state index contributed by atoms with van der Waals surface area (Å²) in [6.45, 7) is 2.48. The van der Waals surface area contributed by atoms with Gasteiger partial charge in [0.2, 0.25) is 6.29 Å². The summed E-state index contributed by atoms with van der Waals surface area (Å²) in [7, 11) is 0. The first kappa shape index (κ1) is 11.8. The van der Waals surface area contributed by atoms with Crippen LogP contribution in [-0.4, -0.2) is 42.0 Å². The molecular formula is C8H19N3O3. The summed E-state index contributed by atoms with van der Waals surface area (Å²) < 4.78 is 0. The second kappa shape index (κ2) is 6.28. The van der Waals surface area contributed by atoms with Gasteiger partial charge < -0.3 is 10.0 Å². The number of aliphatic hydroxyl groups is 1. The maximum Gasteiger partial charge on any atom is 0.222 e. The van der Waals surface area contributed by atoms with Crippen molar-refractivity contribution in [3.05, 3.63) is 0 Å². The molecule has 1 aliphatic rings. The maximum absolute atomic E-state index is 9.61. The minimum Gasteiger partial charge on any atom is -0.386 e. The van der Waals surface area contributed by atoms with E-state index in [1.54, 1.807) is 0 Å². The Balaban J connectivity index is 2.26. The van der Waals surface area contributed by atoms with Crippen LogP contribution in [0.15, 0.2) is 0 Å². The third kappa shape index (κ3) is 3.49. The van der Waals surface area contributed by atoms with Crippen molar-refractivity contribution in [1.29, 1.82) is 0 Å².